The molecule has 0 bridgehead atoms. The first kappa shape index (κ1) is 19.1. The standard InChI is InChI=1S/C22H27N3O2/c1-3-24(4-2)16-17-7-5-8-19(15-17)23-22(27)18-10-12-20(13-11-18)25-14-6-9-21(25)26/h5,7-8,10-13,15H,3-4,6,9,14,16H2,1-2H3,(H,23,27). The number of amides is 2. The second-order valence-electron chi connectivity index (χ2n) is 6.81. The molecule has 1 saturated heterocycles. The summed E-state index contributed by atoms with van der Waals surface area (Å²) >= 11 is 0. The van der Waals surface area contributed by atoms with Crippen molar-refractivity contribution in [1.82, 2.24) is 4.90 Å². The van der Waals surface area contributed by atoms with Crippen LogP contribution in [-0.2, 0) is 11.3 Å². The van der Waals surface area contributed by atoms with Crippen LogP contribution in [0.2, 0.25) is 0 Å². The molecule has 3 rings (SSSR count). The van der Waals surface area contributed by atoms with Crippen molar-refractivity contribution >= 4 is 23.2 Å². The predicted octanol–water partition coefficient (Wildman–Crippen LogP) is 3.91. The van der Waals surface area contributed by atoms with Crippen molar-refractivity contribution in [2.24, 2.45) is 0 Å². The van der Waals surface area contributed by atoms with Crippen molar-refractivity contribution in [3.8, 4) is 0 Å². The molecule has 142 valence electrons. The van der Waals surface area contributed by atoms with Crippen molar-refractivity contribution in [3.05, 3.63) is 59.7 Å². The van der Waals surface area contributed by atoms with Crippen LogP contribution in [0, 0.1) is 0 Å². The van der Waals surface area contributed by atoms with Gasteiger partial charge in [0.25, 0.3) is 5.91 Å². The quantitative estimate of drug-likeness (QED) is 0.809. The number of rotatable bonds is 7. The van der Waals surface area contributed by atoms with Gasteiger partial charge in [0.1, 0.15) is 0 Å². The second kappa shape index (κ2) is 8.82. The van der Waals surface area contributed by atoms with Gasteiger partial charge in [0.15, 0.2) is 0 Å². The average molecular weight is 365 g/mol. The van der Waals surface area contributed by atoms with Gasteiger partial charge in [-0.1, -0.05) is 26.0 Å². The van der Waals surface area contributed by atoms with E-state index in [1.807, 2.05) is 30.3 Å². The van der Waals surface area contributed by atoms with Crippen LogP contribution in [0.4, 0.5) is 11.4 Å². The highest BCUT2D eigenvalue weighted by Gasteiger charge is 2.21. The summed E-state index contributed by atoms with van der Waals surface area (Å²) in [6.07, 6.45) is 1.50. The Labute approximate surface area is 161 Å². The first-order chi connectivity index (χ1) is 13.1. The second-order valence-corrected chi connectivity index (χ2v) is 6.81. The molecule has 27 heavy (non-hydrogen) atoms. The van der Waals surface area contributed by atoms with Crippen LogP contribution in [0.1, 0.15) is 42.6 Å². The fourth-order valence-electron chi connectivity index (χ4n) is 3.37. The van der Waals surface area contributed by atoms with Gasteiger partial charge in [0, 0.05) is 36.4 Å². The number of hydrogen-bond donors (Lipinski definition) is 1. The predicted molar refractivity (Wildman–Crippen MR) is 109 cm³/mol. The summed E-state index contributed by atoms with van der Waals surface area (Å²) in [5, 5.41) is 2.97. The Hall–Kier alpha value is -2.66. The Morgan fingerprint density at radius 3 is 2.48 bits per heavy atom. The molecule has 0 radical (unpaired) electrons. The van der Waals surface area contributed by atoms with Gasteiger partial charge in [-0.25, -0.2) is 0 Å². The zero-order chi connectivity index (χ0) is 19.2. The minimum absolute atomic E-state index is 0.144. The molecule has 1 N–H and O–H groups in total. The van der Waals surface area contributed by atoms with E-state index in [0.29, 0.717) is 12.0 Å². The molecule has 1 aliphatic rings. The topological polar surface area (TPSA) is 52.7 Å². The first-order valence-corrected chi connectivity index (χ1v) is 9.63. The molecule has 0 unspecified atom stereocenters. The van der Waals surface area contributed by atoms with E-state index in [4.69, 9.17) is 0 Å². The minimum atomic E-state index is -0.144. The Morgan fingerprint density at radius 1 is 1.11 bits per heavy atom. The van der Waals surface area contributed by atoms with E-state index in [9.17, 15) is 9.59 Å². The van der Waals surface area contributed by atoms with E-state index < -0.39 is 0 Å². The molecule has 2 aromatic carbocycles. The molecular formula is C22H27N3O2. The Balaban J connectivity index is 1.65. The maximum Gasteiger partial charge on any atom is 0.255 e. The largest absolute Gasteiger partial charge is 0.322 e. The lowest BCUT2D eigenvalue weighted by Crippen LogP contribution is -2.23. The molecule has 2 aromatic rings. The summed E-state index contributed by atoms with van der Waals surface area (Å²) < 4.78 is 0. The smallest absolute Gasteiger partial charge is 0.255 e. The number of carbonyl (C=O) groups is 2. The molecule has 5 nitrogen and oxygen atoms in total. The lowest BCUT2D eigenvalue weighted by Gasteiger charge is -2.18. The van der Waals surface area contributed by atoms with E-state index >= 15 is 0 Å². The maximum absolute atomic E-state index is 12.6. The lowest BCUT2D eigenvalue weighted by molar-refractivity contribution is -0.117. The fraction of sp³-hybridized carbons (Fsp3) is 0.364. The van der Waals surface area contributed by atoms with Crippen LogP contribution >= 0.6 is 0 Å². The summed E-state index contributed by atoms with van der Waals surface area (Å²) in [5.41, 5.74) is 3.41. The molecule has 0 aromatic heterocycles. The van der Waals surface area contributed by atoms with Gasteiger partial charge < -0.3 is 10.2 Å². The van der Waals surface area contributed by atoms with Gasteiger partial charge >= 0.3 is 0 Å². The van der Waals surface area contributed by atoms with E-state index in [0.717, 1.165) is 44.0 Å². The molecule has 0 aliphatic carbocycles. The summed E-state index contributed by atoms with van der Waals surface area (Å²) in [7, 11) is 0. The molecule has 1 aliphatic heterocycles. The summed E-state index contributed by atoms with van der Waals surface area (Å²) in [5.74, 6) is 0.00602. The van der Waals surface area contributed by atoms with Gasteiger partial charge in [-0.05, 0) is 61.5 Å². The van der Waals surface area contributed by atoms with Gasteiger partial charge in [0.05, 0.1) is 0 Å². The van der Waals surface area contributed by atoms with Crippen molar-refractivity contribution < 1.29 is 9.59 Å². The molecule has 0 spiro atoms. The third-order valence-corrected chi connectivity index (χ3v) is 5.00. The SMILES string of the molecule is CCN(CC)Cc1cccc(NC(=O)c2ccc(N3CCCC3=O)cc2)c1. The first-order valence-electron chi connectivity index (χ1n) is 9.63. The minimum Gasteiger partial charge on any atom is -0.322 e. The normalized spacial score (nSPS) is 14.0. The Kier molecular flexibility index (Phi) is 6.24. The van der Waals surface area contributed by atoms with Crippen molar-refractivity contribution in [2.75, 3.05) is 29.9 Å². The maximum atomic E-state index is 12.6. The van der Waals surface area contributed by atoms with Gasteiger partial charge in [-0.15, -0.1) is 0 Å². The molecule has 2 amide bonds. The van der Waals surface area contributed by atoms with Crippen molar-refractivity contribution in [1.29, 1.82) is 0 Å². The highest BCUT2D eigenvalue weighted by Crippen LogP contribution is 2.22. The van der Waals surface area contributed by atoms with Gasteiger partial charge in [-0.3, -0.25) is 14.5 Å². The van der Waals surface area contributed by atoms with E-state index in [1.54, 1.807) is 17.0 Å². The van der Waals surface area contributed by atoms with Crippen molar-refractivity contribution in [2.45, 2.75) is 33.2 Å². The van der Waals surface area contributed by atoms with Crippen LogP contribution in [0.15, 0.2) is 48.5 Å². The van der Waals surface area contributed by atoms with Crippen LogP contribution in [-0.4, -0.2) is 36.3 Å². The highest BCUT2D eigenvalue weighted by molar-refractivity contribution is 6.04. The van der Waals surface area contributed by atoms with E-state index in [1.165, 1.54) is 5.56 Å². The average Bonchev–Trinajstić information content (AvgIpc) is 3.12. The molecule has 1 fully saturated rings. The number of nitrogens with one attached hydrogen (secondary N) is 1. The number of benzene rings is 2. The Bertz CT molecular complexity index is 797. The molecule has 1 heterocycles. The van der Waals surface area contributed by atoms with E-state index in [2.05, 4.69) is 30.1 Å². The number of nitrogens with zero attached hydrogens (tertiary/aromatic N) is 2. The Morgan fingerprint density at radius 2 is 1.85 bits per heavy atom. The highest BCUT2D eigenvalue weighted by atomic mass is 16.2. The zero-order valence-corrected chi connectivity index (χ0v) is 16.1. The fourth-order valence-corrected chi connectivity index (χ4v) is 3.37. The van der Waals surface area contributed by atoms with Crippen LogP contribution in [0.5, 0.6) is 0 Å². The molecular weight excluding hydrogens is 338 g/mol. The molecule has 0 saturated carbocycles. The number of carbonyl (C=O) groups excluding carboxylic acids is 2. The van der Waals surface area contributed by atoms with Crippen LogP contribution in [0.3, 0.4) is 0 Å². The van der Waals surface area contributed by atoms with Gasteiger partial charge in [-0.2, -0.15) is 0 Å². The van der Waals surface area contributed by atoms with Gasteiger partial charge in [0.2, 0.25) is 5.91 Å². The third-order valence-electron chi connectivity index (χ3n) is 5.00. The molecule has 5 heteroatoms. The van der Waals surface area contributed by atoms with Crippen LogP contribution in [0.25, 0.3) is 0 Å². The van der Waals surface area contributed by atoms with Crippen molar-refractivity contribution in [3.63, 3.8) is 0 Å². The number of anilines is 2. The summed E-state index contributed by atoms with van der Waals surface area (Å²) in [4.78, 5) is 28.5. The lowest BCUT2D eigenvalue weighted by atomic mass is 10.1. The third kappa shape index (κ3) is 4.74. The van der Waals surface area contributed by atoms with E-state index in [-0.39, 0.29) is 11.8 Å². The zero-order valence-electron chi connectivity index (χ0n) is 16.1. The summed E-state index contributed by atoms with van der Waals surface area (Å²) in [6, 6.07) is 15.2. The number of hydrogen-bond acceptors (Lipinski definition) is 3. The monoisotopic (exact) mass is 365 g/mol. The molecule has 0 atom stereocenters. The van der Waals surface area contributed by atoms with Crippen LogP contribution < -0.4 is 10.2 Å². The summed E-state index contributed by atoms with van der Waals surface area (Å²) in [6.45, 7) is 7.92.